The number of carbonyl (C=O) groups is 1. The fourth-order valence-electron chi connectivity index (χ4n) is 3.54. The molecule has 3 rings (SSSR count). The summed E-state index contributed by atoms with van der Waals surface area (Å²) in [6.45, 7) is 4.05. The van der Waals surface area contributed by atoms with Crippen LogP contribution >= 0.6 is 23.4 Å². The van der Waals surface area contributed by atoms with Gasteiger partial charge in [0.2, 0.25) is 5.91 Å². The van der Waals surface area contributed by atoms with Gasteiger partial charge in [0, 0.05) is 12.3 Å². The summed E-state index contributed by atoms with van der Waals surface area (Å²) in [6, 6.07) is 19.6. The summed E-state index contributed by atoms with van der Waals surface area (Å²) in [7, 11) is -2.53. The Kier molecular flexibility index (Phi) is 10.1. The average molecular weight is 547 g/mol. The Morgan fingerprint density at radius 2 is 1.78 bits per heavy atom. The van der Waals surface area contributed by atoms with E-state index in [1.54, 1.807) is 36.0 Å². The van der Waals surface area contributed by atoms with Crippen LogP contribution in [0.4, 0.5) is 5.69 Å². The van der Waals surface area contributed by atoms with Crippen molar-refractivity contribution in [1.82, 2.24) is 5.32 Å². The quantitative estimate of drug-likeness (QED) is 0.299. The van der Waals surface area contributed by atoms with Crippen LogP contribution < -0.4 is 14.4 Å². The normalized spacial score (nSPS) is 11.2. The lowest BCUT2D eigenvalue weighted by Crippen LogP contribution is -2.41. The fourth-order valence-corrected chi connectivity index (χ4v) is 6.12. The van der Waals surface area contributed by atoms with Crippen LogP contribution in [0, 0.1) is 13.8 Å². The van der Waals surface area contributed by atoms with Crippen LogP contribution in [0.2, 0.25) is 5.02 Å². The van der Waals surface area contributed by atoms with Crippen LogP contribution in [-0.4, -0.2) is 40.3 Å². The van der Waals surface area contributed by atoms with E-state index in [-0.39, 0.29) is 28.1 Å². The highest BCUT2D eigenvalue weighted by molar-refractivity contribution is 7.98. The van der Waals surface area contributed by atoms with Gasteiger partial charge in [-0.25, -0.2) is 8.42 Å². The number of halogens is 1. The third kappa shape index (κ3) is 7.66. The number of sulfonamides is 1. The Bertz CT molecular complexity index is 1280. The number of hydrogen-bond donors (Lipinski definition) is 1. The van der Waals surface area contributed by atoms with Crippen molar-refractivity contribution in [2.75, 3.05) is 30.3 Å². The second-order valence-electron chi connectivity index (χ2n) is 8.39. The van der Waals surface area contributed by atoms with E-state index in [4.69, 9.17) is 16.3 Å². The number of anilines is 1. The number of nitrogens with zero attached hydrogens (tertiary/aromatic N) is 1. The van der Waals surface area contributed by atoms with Gasteiger partial charge >= 0.3 is 0 Å². The Balaban J connectivity index is 1.64. The Morgan fingerprint density at radius 1 is 1.03 bits per heavy atom. The molecule has 0 spiro atoms. The summed E-state index contributed by atoms with van der Waals surface area (Å²) < 4.78 is 33.2. The molecular weight excluding hydrogens is 516 g/mol. The van der Waals surface area contributed by atoms with Gasteiger partial charge in [-0.15, -0.1) is 0 Å². The average Bonchev–Trinajstić information content (AvgIpc) is 2.85. The van der Waals surface area contributed by atoms with Crippen LogP contribution in [0.5, 0.6) is 5.75 Å². The molecule has 0 radical (unpaired) electrons. The number of carbonyl (C=O) groups excluding carboxylic acids is 1. The Hall–Kier alpha value is -2.68. The maximum atomic E-state index is 13.5. The lowest BCUT2D eigenvalue weighted by molar-refractivity contribution is -0.119. The van der Waals surface area contributed by atoms with E-state index in [1.807, 2.05) is 6.92 Å². The minimum absolute atomic E-state index is 0.0976. The second kappa shape index (κ2) is 13.0. The van der Waals surface area contributed by atoms with E-state index >= 15 is 0 Å². The van der Waals surface area contributed by atoms with E-state index in [9.17, 15) is 13.2 Å². The molecule has 0 aliphatic heterocycles. The summed E-state index contributed by atoms with van der Waals surface area (Å²) in [6.07, 6.45) is 0.779. The maximum absolute atomic E-state index is 13.5. The molecule has 3 aromatic carbocycles. The molecule has 0 bridgehead atoms. The van der Waals surface area contributed by atoms with Crippen molar-refractivity contribution in [2.45, 2.75) is 30.9 Å². The zero-order chi connectivity index (χ0) is 26.1. The molecule has 1 amide bonds. The molecule has 0 heterocycles. The van der Waals surface area contributed by atoms with Crippen molar-refractivity contribution in [3.05, 3.63) is 88.4 Å². The van der Waals surface area contributed by atoms with Crippen molar-refractivity contribution in [2.24, 2.45) is 0 Å². The molecule has 0 atom stereocenters. The van der Waals surface area contributed by atoms with Crippen molar-refractivity contribution in [3.63, 3.8) is 0 Å². The maximum Gasteiger partial charge on any atom is 0.264 e. The molecule has 0 aromatic heterocycles. The van der Waals surface area contributed by atoms with Crippen molar-refractivity contribution < 1.29 is 17.9 Å². The smallest absolute Gasteiger partial charge is 0.264 e. The van der Waals surface area contributed by atoms with Gasteiger partial charge in [-0.2, -0.15) is 11.8 Å². The molecule has 1 N–H and O–H groups in total. The monoisotopic (exact) mass is 546 g/mol. The minimum Gasteiger partial charge on any atom is -0.495 e. The van der Waals surface area contributed by atoms with E-state index in [2.05, 4.69) is 36.5 Å². The van der Waals surface area contributed by atoms with Gasteiger partial charge in [0.05, 0.1) is 22.7 Å². The topological polar surface area (TPSA) is 75.7 Å². The highest BCUT2D eigenvalue weighted by Crippen LogP contribution is 2.32. The first-order chi connectivity index (χ1) is 17.2. The van der Waals surface area contributed by atoms with E-state index in [0.717, 1.165) is 27.8 Å². The first kappa shape index (κ1) is 27.9. The molecule has 0 aliphatic rings. The third-order valence-electron chi connectivity index (χ3n) is 5.46. The van der Waals surface area contributed by atoms with Gasteiger partial charge in [-0.1, -0.05) is 59.1 Å². The van der Waals surface area contributed by atoms with Gasteiger partial charge in [-0.05, 0) is 61.9 Å². The SMILES string of the molecule is COc1ccc(N(CC(=O)NCCCSCc2cccc(C)c2)S(=O)(=O)c2ccc(C)cc2)cc1Cl. The zero-order valence-corrected chi connectivity index (χ0v) is 23.0. The fraction of sp³-hybridized carbons (Fsp3) is 0.296. The molecule has 0 saturated heterocycles. The number of benzene rings is 3. The van der Waals surface area contributed by atoms with Crippen molar-refractivity contribution in [3.8, 4) is 5.75 Å². The lowest BCUT2D eigenvalue weighted by Gasteiger charge is -2.24. The van der Waals surface area contributed by atoms with Gasteiger partial charge in [0.15, 0.2) is 0 Å². The molecule has 9 heteroatoms. The van der Waals surface area contributed by atoms with Gasteiger partial charge in [0.1, 0.15) is 12.3 Å². The summed E-state index contributed by atoms with van der Waals surface area (Å²) in [5, 5.41) is 3.10. The predicted octanol–water partition coefficient (Wildman–Crippen LogP) is 5.60. The number of nitrogens with one attached hydrogen (secondary N) is 1. The standard InChI is InChI=1S/C27H31ClN2O4S2/c1-20-8-11-24(12-9-20)36(32,33)30(23-10-13-26(34-3)25(28)17-23)18-27(31)29-14-5-15-35-19-22-7-4-6-21(2)16-22/h4,6-13,16-17H,5,14-15,18-19H2,1-3H3,(H,29,31). The van der Waals surface area contributed by atoms with E-state index in [1.165, 1.54) is 36.4 Å². The lowest BCUT2D eigenvalue weighted by atomic mass is 10.2. The molecule has 0 saturated carbocycles. The first-order valence-electron chi connectivity index (χ1n) is 11.5. The van der Waals surface area contributed by atoms with Crippen molar-refractivity contribution >= 4 is 45.0 Å². The summed E-state index contributed by atoms with van der Waals surface area (Å²) in [5.41, 5.74) is 3.74. The summed E-state index contributed by atoms with van der Waals surface area (Å²) >= 11 is 8.06. The number of rotatable bonds is 12. The number of aryl methyl sites for hydroxylation is 2. The predicted molar refractivity (Wildman–Crippen MR) is 149 cm³/mol. The molecule has 0 unspecified atom stereocenters. The molecule has 3 aromatic rings. The third-order valence-corrected chi connectivity index (χ3v) is 8.66. The number of thioether (sulfide) groups is 1. The molecule has 0 aliphatic carbocycles. The summed E-state index contributed by atoms with van der Waals surface area (Å²) in [5.74, 6) is 1.83. The van der Waals surface area contributed by atoms with E-state index in [0.29, 0.717) is 12.3 Å². The number of ether oxygens (including phenoxy) is 1. The van der Waals surface area contributed by atoms with Crippen LogP contribution in [0.15, 0.2) is 71.6 Å². The summed E-state index contributed by atoms with van der Waals surface area (Å²) in [4.78, 5) is 12.9. The molecular formula is C27H31ClN2O4S2. The van der Waals surface area contributed by atoms with Crippen molar-refractivity contribution in [1.29, 1.82) is 0 Å². The number of amides is 1. The molecule has 36 heavy (non-hydrogen) atoms. The second-order valence-corrected chi connectivity index (χ2v) is 11.8. The largest absolute Gasteiger partial charge is 0.495 e. The van der Waals surface area contributed by atoms with Crippen LogP contribution in [0.1, 0.15) is 23.1 Å². The van der Waals surface area contributed by atoms with Gasteiger partial charge in [0.25, 0.3) is 10.0 Å². The number of hydrogen-bond acceptors (Lipinski definition) is 5. The van der Waals surface area contributed by atoms with Crippen LogP contribution in [0.25, 0.3) is 0 Å². The molecule has 6 nitrogen and oxygen atoms in total. The van der Waals surface area contributed by atoms with Gasteiger partial charge in [-0.3, -0.25) is 9.10 Å². The first-order valence-corrected chi connectivity index (χ1v) is 14.5. The Morgan fingerprint density at radius 3 is 2.44 bits per heavy atom. The van der Waals surface area contributed by atoms with Crippen LogP contribution in [-0.2, 0) is 20.6 Å². The Labute approximate surface area is 223 Å². The highest BCUT2D eigenvalue weighted by Gasteiger charge is 2.27. The van der Waals surface area contributed by atoms with E-state index < -0.39 is 10.0 Å². The highest BCUT2D eigenvalue weighted by atomic mass is 35.5. The van der Waals surface area contributed by atoms with Crippen LogP contribution in [0.3, 0.4) is 0 Å². The molecule has 192 valence electrons. The molecule has 0 fully saturated rings. The zero-order valence-electron chi connectivity index (χ0n) is 20.7. The van der Waals surface area contributed by atoms with Gasteiger partial charge < -0.3 is 10.1 Å². The number of methoxy groups -OCH3 is 1. The minimum atomic E-state index is -4.01.